The number of ether oxygens (including phenoxy) is 1. The Kier molecular flexibility index (Phi) is 6.63. The van der Waals surface area contributed by atoms with E-state index in [1.54, 1.807) is 0 Å². The van der Waals surface area contributed by atoms with Gasteiger partial charge in [0.25, 0.3) is 0 Å². The first-order chi connectivity index (χ1) is 15.5. The highest BCUT2D eigenvalue weighted by molar-refractivity contribution is 7.92. The lowest BCUT2D eigenvalue weighted by atomic mass is 9.89. The van der Waals surface area contributed by atoms with Crippen molar-refractivity contribution < 1.29 is 13.2 Å². The van der Waals surface area contributed by atoms with Gasteiger partial charge in [0.15, 0.2) is 0 Å². The summed E-state index contributed by atoms with van der Waals surface area (Å²) >= 11 is 0. The van der Waals surface area contributed by atoms with Gasteiger partial charge in [-0.15, -0.1) is 0 Å². The Bertz CT molecular complexity index is 1210. The monoisotopic (exact) mass is 448 g/mol. The SMILES string of the molecule is CS(=O)(=O)N(Cc1ccccc1)c1c(OCc2ccccc2)ccc2c1CCC=C2CN. The molecule has 0 radical (unpaired) electrons. The summed E-state index contributed by atoms with van der Waals surface area (Å²) in [4.78, 5) is 0. The van der Waals surface area contributed by atoms with Crippen LogP contribution in [0.25, 0.3) is 5.57 Å². The van der Waals surface area contributed by atoms with Gasteiger partial charge >= 0.3 is 0 Å². The van der Waals surface area contributed by atoms with E-state index in [-0.39, 0.29) is 6.54 Å². The number of hydrogen-bond donors (Lipinski definition) is 1. The molecule has 0 bridgehead atoms. The summed E-state index contributed by atoms with van der Waals surface area (Å²) in [6.07, 6.45) is 4.94. The Morgan fingerprint density at radius 3 is 2.22 bits per heavy atom. The molecule has 5 nitrogen and oxygen atoms in total. The van der Waals surface area contributed by atoms with Gasteiger partial charge in [-0.05, 0) is 46.7 Å². The van der Waals surface area contributed by atoms with Crippen LogP contribution in [0.1, 0.15) is 28.7 Å². The number of nitrogens with two attached hydrogens (primary N) is 1. The number of fused-ring (bicyclic) bond motifs is 1. The lowest BCUT2D eigenvalue weighted by Gasteiger charge is -2.30. The van der Waals surface area contributed by atoms with E-state index < -0.39 is 10.0 Å². The molecule has 0 saturated heterocycles. The van der Waals surface area contributed by atoms with Gasteiger partial charge in [-0.2, -0.15) is 0 Å². The van der Waals surface area contributed by atoms with Crippen LogP contribution in [-0.4, -0.2) is 21.2 Å². The minimum Gasteiger partial charge on any atom is -0.487 e. The molecule has 1 aliphatic rings. The molecule has 0 heterocycles. The van der Waals surface area contributed by atoms with E-state index in [4.69, 9.17) is 10.5 Å². The van der Waals surface area contributed by atoms with Crippen molar-refractivity contribution in [3.05, 3.63) is 101 Å². The maximum atomic E-state index is 13.0. The van der Waals surface area contributed by atoms with E-state index in [9.17, 15) is 8.42 Å². The molecule has 3 aromatic carbocycles. The molecule has 166 valence electrons. The minimum absolute atomic E-state index is 0.236. The molecule has 0 atom stereocenters. The number of rotatable bonds is 8. The fraction of sp³-hybridized carbons (Fsp3) is 0.231. The smallest absolute Gasteiger partial charge is 0.232 e. The molecule has 0 aliphatic heterocycles. The van der Waals surface area contributed by atoms with Gasteiger partial charge in [0.1, 0.15) is 12.4 Å². The summed E-state index contributed by atoms with van der Waals surface area (Å²) < 4.78 is 33.7. The number of hydrogen-bond acceptors (Lipinski definition) is 4. The molecule has 0 unspecified atom stereocenters. The molecule has 0 aromatic heterocycles. The van der Waals surface area contributed by atoms with Crippen LogP contribution in [0.2, 0.25) is 0 Å². The number of allylic oxidation sites excluding steroid dienone is 1. The fourth-order valence-corrected chi connectivity index (χ4v) is 5.01. The number of benzene rings is 3. The molecular formula is C26H28N2O3S. The van der Waals surface area contributed by atoms with Gasteiger partial charge in [0.2, 0.25) is 10.0 Å². The second kappa shape index (κ2) is 9.59. The topological polar surface area (TPSA) is 72.6 Å². The highest BCUT2D eigenvalue weighted by Gasteiger charge is 2.28. The van der Waals surface area contributed by atoms with Crippen LogP contribution in [-0.2, 0) is 29.6 Å². The van der Waals surface area contributed by atoms with Crippen molar-refractivity contribution in [1.82, 2.24) is 0 Å². The third kappa shape index (κ3) is 4.87. The minimum atomic E-state index is -3.58. The van der Waals surface area contributed by atoms with E-state index >= 15 is 0 Å². The predicted molar refractivity (Wildman–Crippen MR) is 130 cm³/mol. The van der Waals surface area contributed by atoms with E-state index in [1.165, 1.54) is 10.6 Å². The normalized spacial score (nSPS) is 13.2. The largest absolute Gasteiger partial charge is 0.487 e. The third-order valence-electron chi connectivity index (χ3n) is 5.65. The van der Waals surface area contributed by atoms with E-state index in [0.717, 1.165) is 40.7 Å². The van der Waals surface area contributed by atoms with E-state index in [0.29, 0.717) is 24.6 Å². The first-order valence-electron chi connectivity index (χ1n) is 10.7. The molecule has 3 aromatic rings. The average Bonchev–Trinajstić information content (AvgIpc) is 2.81. The van der Waals surface area contributed by atoms with Crippen LogP contribution >= 0.6 is 0 Å². The number of sulfonamides is 1. The van der Waals surface area contributed by atoms with Crippen LogP contribution in [0.5, 0.6) is 5.75 Å². The number of anilines is 1. The Morgan fingerprint density at radius 2 is 1.59 bits per heavy atom. The van der Waals surface area contributed by atoms with Gasteiger partial charge < -0.3 is 10.5 Å². The van der Waals surface area contributed by atoms with E-state index in [2.05, 4.69) is 6.08 Å². The number of nitrogens with zero attached hydrogens (tertiary/aromatic N) is 1. The lowest BCUT2D eigenvalue weighted by Crippen LogP contribution is -2.31. The van der Waals surface area contributed by atoms with Crippen LogP contribution in [0.3, 0.4) is 0 Å². The molecular weight excluding hydrogens is 420 g/mol. The van der Waals surface area contributed by atoms with Gasteiger partial charge in [-0.1, -0.05) is 72.8 Å². The Labute approximate surface area is 190 Å². The van der Waals surface area contributed by atoms with Crippen LogP contribution in [0, 0.1) is 0 Å². The molecule has 32 heavy (non-hydrogen) atoms. The lowest BCUT2D eigenvalue weighted by molar-refractivity contribution is 0.306. The zero-order valence-corrected chi connectivity index (χ0v) is 19.0. The van der Waals surface area contributed by atoms with Gasteiger partial charge in [-0.25, -0.2) is 8.42 Å². The van der Waals surface area contributed by atoms with Gasteiger partial charge in [0, 0.05) is 6.54 Å². The summed E-state index contributed by atoms with van der Waals surface area (Å²) in [5.74, 6) is 0.562. The van der Waals surface area contributed by atoms with Crippen molar-refractivity contribution in [2.45, 2.75) is 26.0 Å². The van der Waals surface area contributed by atoms with E-state index in [1.807, 2.05) is 72.8 Å². The quantitative estimate of drug-likeness (QED) is 0.550. The van der Waals surface area contributed by atoms with Crippen molar-refractivity contribution in [3.63, 3.8) is 0 Å². The average molecular weight is 449 g/mol. The fourth-order valence-electron chi connectivity index (χ4n) is 4.10. The van der Waals surface area contributed by atoms with Crippen LogP contribution in [0.4, 0.5) is 5.69 Å². The molecule has 0 spiro atoms. The molecule has 2 N–H and O–H groups in total. The first-order valence-corrected chi connectivity index (χ1v) is 12.6. The third-order valence-corrected chi connectivity index (χ3v) is 6.76. The summed E-state index contributed by atoms with van der Waals surface area (Å²) in [5, 5.41) is 0. The van der Waals surface area contributed by atoms with Crippen molar-refractivity contribution >= 4 is 21.3 Å². The summed E-state index contributed by atoms with van der Waals surface area (Å²) in [6, 6.07) is 23.4. The molecule has 6 heteroatoms. The standard InChI is InChI=1S/C26H28N2O3S/c1-32(29,30)28(18-20-9-4-2-5-10-20)26-24-14-8-13-22(17-27)23(24)15-16-25(26)31-19-21-11-6-3-7-12-21/h2-7,9-13,15-16H,8,14,17-19,27H2,1H3. The molecule has 0 amide bonds. The summed E-state index contributed by atoms with van der Waals surface area (Å²) in [5.41, 5.74) is 11.6. The maximum Gasteiger partial charge on any atom is 0.232 e. The predicted octanol–water partition coefficient (Wildman–Crippen LogP) is 4.52. The van der Waals surface area contributed by atoms with Crippen LogP contribution in [0.15, 0.2) is 78.9 Å². The van der Waals surface area contributed by atoms with Crippen LogP contribution < -0.4 is 14.8 Å². The summed E-state index contributed by atoms with van der Waals surface area (Å²) in [7, 11) is -3.58. The molecule has 1 aliphatic carbocycles. The van der Waals surface area contributed by atoms with Gasteiger partial charge in [-0.3, -0.25) is 4.31 Å². The van der Waals surface area contributed by atoms with Gasteiger partial charge in [0.05, 0.1) is 18.5 Å². The highest BCUT2D eigenvalue weighted by Crippen LogP contribution is 2.42. The summed E-state index contributed by atoms with van der Waals surface area (Å²) in [6.45, 7) is 1.00. The zero-order chi connectivity index (χ0) is 22.6. The first kappa shape index (κ1) is 22.1. The maximum absolute atomic E-state index is 13.0. The van der Waals surface area contributed by atoms with Crippen molar-refractivity contribution in [3.8, 4) is 5.75 Å². The highest BCUT2D eigenvalue weighted by atomic mass is 32.2. The second-order valence-corrected chi connectivity index (χ2v) is 9.85. The second-order valence-electron chi connectivity index (χ2n) is 7.94. The Morgan fingerprint density at radius 1 is 0.938 bits per heavy atom. The van der Waals surface area contributed by atoms with Crippen molar-refractivity contribution in [1.29, 1.82) is 0 Å². The Hall–Kier alpha value is -3.09. The van der Waals surface area contributed by atoms with Crippen molar-refractivity contribution in [2.75, 3.05) is 17.1 Å². The van der Waals surface area contributed by atoms with Crippen molar-refractivity contribution in [2.24, 2.45) is 5.73 Å². The molecule has 0 saturated carbocycles. The molecule has 0 fully saturated rings. The zero-order valence-electron chi connectivity index (χ0n) is 18.2. The molecule has 4 rings (SSSR count). The Balaban J connectivity index is 1.82.